The fraction of sp³-hybridized carbons (Fsp3) is 0.423. The van der Waals surface area contributed by atoms with Gasteiger partial charge >= 0.3 is 5.97 Å². The van der Waals surface area contributed by atoms with Gasteiger partial charge in [-0.25, -0.2) is 4.79 Å². The summed E-state index contributed by atoms with van der Waals surface area (Å²) < 4.78 is 10.7. The Morgan fingerprint density at radius 2 is 2.00 bits per heavy atom. The molecule has 1 aliphatic rings. The van der Waals surface area contributed by atoms with Crippen LogP contribution in [0.1, 0.15) is 77.0 Å². The minimum Gasteiger partial charge on any atom is -0.496 e. The number of aryl methyl sites for hydroxylation is 2. The number of carbonyl (C=O) groups is 2. The van der Waals surface area contributed by atoms with Gasteiger partial charge in [-0.15, -0.1) is 11.3 Å². The summed E-state index contributed by atoms with van der Waals surface area (Å²) in [4.78, 5) is 26.8. The van der Waals surface area contributed by atoms with Crippen LogP contribution >= 0.6 is 11.3 Å². The lowest BCUT2D eigenvalue weighted by Crippen LogP contribution is -2.16. The van der Waals surface area contributed by atoms with E-state index in [9.17, 15) is 14.9 Å². The van der Waals surface area contributed by atoms with Gasteiger partial charge in [-0.3, -0.25) is 4.79 Å². The smallest absolute Gasteiger partial charge is 0.341 e. The van der Waals surface area contributed by atoms with Crippen LogP contribution in [0.4, 0.5) is 5.00 Å². The van der Waals surface area contributed by atoms with Gasteiger partial charge < -0.3 is 14.8 Å². The van der Waals surface area contributed by atoms with Crippen LogP contribution in [0.25, 0.3) is 6.08 Å². The molecular weight excluding hydrogens is 436 g/mol. The molecule has 1 aromatic heterocycles. The van der Waals surface area contributed by atoms with Crippen molar-refractivity contribution in [2.24, 2.45) is 0 Å². The van der Waals surface area contributed by atoms with Gasteiger partial charge in [0, 0.05) is 4.88 Å². The molecule has 7 heteroatoms. The zero-order chi connectivity index (χ0) is 24.1. The molecule has 33 heavy (non-hydrogen) atoms. The number of nitriles is 1. The fourth-order valence-corrected chi connectivity index (χ4v) is 5.32. The van der Waals surface area contributed by atoms with Gasteiger partial charge in [-0.05, 0) is 85.9 Å². The average Bonchev–Trinajstić information content (AvgIpc) is 3.15. The quantitative estimate of drug-likeness (QED) is 0.317. The number of methoxy groups -OCH3 is 1. The van der Waals surface area contributed by atoms with E-state index >= 15 is 0 Å². The second-order valence-electron chi connectivity index (χ2n) is 8.36. The summed E-state index contributed by atoms with van der Waals surface area (Å²) in [5.74, 6) is 0.0349. The van der Waals surface area contributed by atoms with Crippen LogP contribution in [0, 0.1) is 18.3 Å². The van der Waals surface area contributed by atoms with Gasteiger partial charge in [0.25, 0.3) is 5.91 Å². The zero-order valence-corrected chi connectivity index (χ0v) is 20.6. The molecule has 174 valence electrons. The summed E-state index contributed by atoms with van der Waals surface area (Å²) in [6.45, 7) is 8.06. The van der Waals surface area contributed by atoms with Crippen molar-refractivity contribution in [2.75, 3.05) is 19.0 Å². The van der Waals surface area contributed by atoms with Gasteiger partial charge in [0.15, 0.2) is 0 Å². The minimum atomic E-state index is -0.539. The Morgan fingerprint density at radius 3 is 2.64 bits per heavy atom. The Labute approximate surface area is 199 Å². The number of anilines is 1. The number of nitrogens with zero attached hydrogens (tertiary/aromatic N) is 1. The van der Waals surface area contributed by atoms with Crippen molar-refractivity contribution in [1.82, 2.24) is 0 Å². The summed E-state index contributed by atoms with van der Waals surface area (Å²) >= 11 is 1.41. The van der Waals surface area contributed by atoms with E-state index in [-0.39, 0.29) is 18.1 Å². The third-order valence-electron chi connectivity index (χ3n) is 5.78. The summed E-state index contributed by atoms with van der Waals surface area (Å²) in [5, 5.41) is 13.0. The number of esters is 1. The first kappa shape index (κ1) is 24.5. The van der Waals surface area contributed by atoms with Crippen molar-refractivity contribution >= 4 is 34.3 Å². The molecule has 0 aliphatic heterocycles. The molecular formula is C26H30N2O4S. The number of fused-ring (bicyclic) bond motifs is 1. The van der Waals surface area contributed by atoms with Crippen molar-refractivity contribution in [2.45, 2.75) is 59.3 Å². The van der Waals surface area contributed by atoms with Gasteiger partial charge in [-0.1, -0.05) is 13.8 Å². The number of hydrogen-bond donors (Lipinski definition) is 1. The first-order valence-corrected chi connectivity index (χ1v) is 12.1. The third kappa shape index (κ3) is 5.28. The molecule has 0 unspecified atom stereocenters. The molecule has 0 radical (unpaired) electrons. The van der Waals surface area contributed by atoms with Crippen LogP contribution in [-0.2, 0) is 22.4 Å². The molecule has 0 spiro atoms. The number of nitrogens with one attached hydrogen (secondary N) is 1. The van der Waals surface area contributed by atoms with E-state index in [0.717, 1.165) is 58.6 Å². The largest absolute Gasteiger partial charge is 0.496 e. The van der Waals surface area contributed by atoms with Crippen LogP contribution in [-0.4, -0.2) is 25.6 Å². The highest BCUT2D eigenvalue weighted by Crippen LogP contribution is 2.39. The number of benzene rings is 1. The van der Waals surface area contributed by atoms with Crippen LogP contribution in [0.3, 0.4) is 0 Å². The summed E-state index contributed by atoms with van der Waals surface area (Å²) in [6, 6.07) is 5.89. The van der Waals surface area contributed by atoms with E-state index in [1.165, 1.54) is 11.3 Å². The fourth-order valence-electron chi connectivity index (χ4n) is 4.05. The topological polar surface area (TPSA) is 88.4 Å². The highest BCUT2D eigenvalue weighted by molar-refractivity contribution is 7.17. The van der Waals surface area contributed by atoms with Crippen LogP contribution < -0.4 is 10.1 Å². The lowest BCUT2D eigenvalue weighted by atomic mass is 9.95. The lowest BCUT2D eigenvalue weighted by Gasteiger charge is -2.15. The molecule has 1 amide bonds. The number of amides is 1. The number of hydrogen-bond acceptors (Lipinski definition) is 6. The van der Waals surface area contributed by atoms with Gasteiger partial charge in [0.2, 0.25) is 0 Å². The van der Waals surface area contributed by atoms with E-state index in [1.54, 1.807) is 20.1 Å². The Kier molecular flexibility index (Phi) is 7.93. The summed E-state index contributed by atoms with van der Waals surface area (Å²) in [5.41, 5.74) is 4.06. The first-order valence-electron chi connectivity index (χ1n) is 11.2. The molecule has 0 bridgehead atoms. The molecule has 1 heterocycles. The molecule has 1 N–H and O–H groups in total. The maximum absolute atomic E-state index is 13.1. The average molecular weight is 467 g/mol. The van der Waals surface area contributed by atoms with Gasteiger partial charge in [-0.2, -0.15) is 5.26 Å². The van der Waals surface area contributed by atoms with E-state index in [1.807, 2.05) is 25.1 Å². The van der Waals surface area contributed by atoms with Crippen LogP contribution in [0.5, 0.6) is 5.75 Å². The van der Waals surface area contributed by atoms with Crippen molar-refractivity contribution < 1.29 is 19.1 Å². The van der Waals surface area contributed by atoms with E-state index in [4.69, 9.17) is 9.47 Å². The molecule has 0 saturated heterocycles. The predicted octanol–water partition coefficient (Wildman–Crippen LogP) is 5.79. The second-order valence-corrected chi connectivity index (χ2v) is 9.47. The van der Waals surface area contributed by atoms with Gasteiger partial charge in [0.05, 0.1) is 19.3 Å². The molecule has 3 rings (SSSR count). The maximum atomic E-state index is 13.1. The molecule has 0 atom stereocenters. The van der Waals surface area contributed by atoms with Crippen molar-refractivity contribution in [1.29, 1.82) is 5.26 Å². The number of thiophene rings is 1. The number of carbonyl (C=O) groups excluding carboxylic acids is 2. The third-order valence-corrected chi connectivity index (χ3v) is 6.99. The molecule has 2 aromatic rings. The standard InChI is InChI=1S/C26H30N2O4S/c1-6-32-26(30)23-19-9-7-8-10-22(19)33-25(23)28-24(29)18(14-27)12-17-13-20(15(2)3)21(31-5)11-16(17)4/h11-13,15H,6-10H2,1-5H3,(H,28,29)/b18-12+. The lowest BCUT2D eigenvalue weighted by molar-refractivity contribution is -0.112. The van der Waals surface area contributed by atoms with E-state index in [0.29, 0.717) is 10.6 Å². The molecule has 0 saturated carbocycles. The maximum Gasteiger partial charge on any atom is 0.341 e. The molecule has 1 aliphatic carbocycles. The second kappa shape index (κ2) is 10.7. The SMILES string of the molecule is CCOC(=O)c1c(NC(=O)/C(C#N)=C/c2cc(C(C)C)c(OC)cc2C)sc2c1CCCC2. The van der Waals surface area contributed by atoms with Crippen LogP contribution in [0.15, 0.2) is 17.7 Å². The Hall–Kier alpha value is -3.11. The van der Waals surface area contributed by atoms with E-state index < -0.39 is 11.9 Å². The highest BCUT2D eigenvalue weighted by Gasteiger charge is 2.28. The number of ether oxygens (including phenoxy) is 2. The number of rotatable bonds is 7. The minimum absolute atomic E-state index is 0.0286. The zero-order valence-electron chi connectivity index (χ0n) is 19.8. The van der Waals surface area contributed by atoms with E-state index in [2.05, 4.69) is 19.2 Å². The molecule has 0 fully saturated rings. The van der Waals surface area contributed by atoms with Crippen molar-refractivity contribution in [3.8, 4) is 11.8 Å². The van der Waals surface area contributed by atoms with Crippen molar-refractivity contribution in [3.63, 3.8) is 0 Å². The summed E-state index contributed by atoms with van der Waals surface area (Å²) in [6.07, 6.45) is 5.32. The first-order chi connectivity index (χ1) is 15.8. The Bertz CT molecular complexity index is 1140. The van der Waals surface area contributed by atoms with Crippen molar-refractivity contribution in [3.05, 3.63) is 50.4 Å². The van der Waals surface area contributed by atoms with Gasteiger partial charge in [0.1, 0.15) is 22.4 Å². The van der Waals surface area contributed by atoms with Crippen LogP contribution in [0.2, 0.25) is 0 Å². The Balaban J connectivity index is 1.97. The predicted molar refractivity (Wildman–Crippen MR) is 131 cm³/mol. The molecule has 6 nitrogen and oxygen atoms in total. The summed E-state index contributed by atoms with van der Waals surface area (Å²) in [7, 11) is 1.63. The Morgan fingerprint density at radius 1 is 1.27 bits per heavy atom. The molecule has 1 aromatic carbocycles. The normalized spacial score (nSPS) is 13.3. The highest BCUT2D eigenvalue weighted by atomic mass is 32.1. The monoisotopic (exact) mass is 466 g/mol.